The fourth-order valence-corrected chi connectivity index (χ4v) is 4.49. The molecule has 2 heterocycles. The Hall–Kier alpha value is -2.98. The van der Waals surface area contributed by atoms with E-state index in [0.29, 0.717) is 10.3 Å². The van der Waals surface area contributed by atoms with Crippen molar-refractivity contribution in [1.29, 1.82) is 0 Å². The van der Waals surface area contributed by atoms with E-state index in [9.17, 15) is 23.2 Å². The summed E-state index contributed by atoms with van der Waals surface area (Å²) >= 11 is 0. The molecule has 0 spiro atoms. The van der Waals surface area contributed by atoms with Gasteiger partial charge in [0, 0.05) is 38.3 Å². The number of esters is 1. The molecule has 1 aromatic carbocycles. The van der Waals surface area contributed by atoms with E-state index >= 15 is 0 Å². The second-order valence-electron chi connectivity index (χ2n) is 6.51. The predicted molar refractivity (Wildman–Crippen MR) is 103 cm³/mol. The van der Waals surface area contributed by atoms with Crippen molar-refractivity contribution in [1.82, 2.24) is 9.21 Å². The second kappa shape index (κ2) is 9.01. The number of nitrogens with zero attached hydrogens (tertiary/aromatic N) is 3. The first-order chi connectivity index (χ1) is 13.9. The maximum atomic E-state index is 12.6. The zero-order valence-electron chi connectivity index (χ0n) is 15.6. The SMILES string of the molecule is O=C(OCC(=O)N1CCN(S(=O)(=O)Cc2ccccc2)CC1)c1cccc[n+]1[O-]. The number of rotatable bonds is 6. The number of carbonyl (C=O) groups excluding carboxylic acids is 2. The third kappa shape index (κ3) is 5.30. The number of hydrogen-bond acceptors (Lipinski definition) is 6. The maximum Gasteiger partial charge on any atom is 0.405 e. The number of pyridine rings is 1. The lowest BCUT2D eigenvalue weighted by molar-refractivity contribution is -0.608. The summed E-state index contributed by atoms with van der Waals surface area (Å²) in [5, 5.41) is 11.5. The van der Waals surface area contributed by atoms with Crippen LogP contribution in [0, 0.1) is 5.21 Å². The molecule has 1 aliphatic rings. The molecule has 0 radical (unpaired) electrons. The lowest BCUT2D eigenvalue weighted by Gasteiger charge is -2.33. The van der Waals surface area contributed by atoms with E-state index in [-0.39, 0.29) is 37.6 Å². The molecule has 2 aromatic rings. The average Bonchev–Trinajstić information content (AvgIpc) is 2.72. The van der Waals surface area contributed by atoms with Crippen LogP contribution in [0.2, 0.25) is 0 Å². The van der Waals surface area contributed by atoms with Crippen LogP contribution < -0.4 is 4.73 Å². The Labute approximate surface area is 168 Å². The summed E-state index contributed by atoms with van der Waals surface area (Å²) in [5.74, 6) is -1.42. The summed E-state index contributed by atoms with van der Waals surface area (Å²) in [6.07, 6.45) is 1.16. The van der Waals surface area contributed by atoms with Crippen LogP contribution in [0.1, 0.15) is 16.1 Å². The average molecular weight is 419 g/mol. The van der Waals surface area contributed by atoms with Gasteiger partial charge >= 0.3 is 11.7 Å². The van der Waals surface area contributed by atoms with Gasteiger partial charge in [-0.2, -0.15) is 9.04 Å². The maximum absolute atomic E-state index is 12.6. The van der Waals surface area contributed by atoms with Gasteiger partial charge in [0.1, 0.15) is 0 Å². The number of aromatic nitrogens is 1. The van der Waals surface area contributed by atoms with Crippen molar-refractivity contribution >= 4 is 21.9 Å². The first kappa shape index (κ1) is 20.7. The van der Waals surface area contributed by atoms with Gasteiger partial charge in [-0.3, -0.25) is 4.79 Å². The monoisotopic (exact) mass is 419 g/mol. The Morgan fingerprint density at radius 2 is 1.66 bits per heavy atom. The van der Waals surface area contributed by atoms with Crippen LogP contribution in [0.25, 0.3) is 0 Å². The molecule has 0 saturated carbocycles. The Morgan fingerprint density at radius 3 is 2.31 bits per heavy atom. The number of piperazine rings is 1. The Bertz CT molecular complexity index is 972. The highest BCUT2D eigenvalue weighted by atomic mass is 32.2. The smallest absolute Gasteiger partial charge is 0.405 e. The molecule has 0 aliphatic carbocycles. The number of benzene rings is 1. The van der Waals surface area contributed by atoms with Crippen molar-refractivity contribution in [2.24, 2.45) is 0 Å². The first-order valence-corrected chi connectivity index (χ1v) is 10.6. The number of carbonyl (C=O) groups is 2. The minimum atomic E-state index is -3.48. The van der Waals surface area contributed by atoms with Gasteiger partial charge in [0.05, 0.1) is 5.75 Å². The van der Waals surface area contributed by atoms with Gasteiger partial charge in [-0.1, -0.05) is 30.3 Å². The van der Waals surface area contributed by atoms with Gasteiger partial charge in [-0.15, -0.1) is 0 Å². The summed E-state index contributed by atoms with van der Waals surface area (Å²) in [6, 6.07) is 13.2. The van der Waals surface area contributed by atoms with Gasteiger partial charge in [-0.05, 0) is 11.6 Å². The highest BCUT2D eigenvalue weighted by Crippen LogP contribution is 2.14. The minimum absolute atomic E-state index is 0.0916. The molecule has 1 aromatic heterocycles. The Morgan fingerprint density at radius 1 is 1.00 bits per heavy atom. The van der Waals surface area contributed by atoms with Crippen LogP contribution in [0.4, 0.5) is 0 Å². The largest absolute Gasteiger partial charge is 0.618 e. The van der Waals surface area contributed by atoms with Gasteiger partial charge < -0.3 is 14.8 Å². The Balaban J connectivity index is 1.49. The van der Waals surface area contributed by atoms with Crippen molar-refractivity contribution in [3.05, 3.63) is 71.2 Å². The molecule has 1 amide bonds. The zero-order chi connectivity index (χ0) is 20.9. The van der Waals surface area contributed by atoms with E-state index < -0.39 is 28.5 Å². The lowest BCUT2D eigenvalue weighted by atomic mass is 10.2. The number of ether oxygens (including phenoxy) is 1. The third-order valence-corrected chi connectivity index (χ3v) is 6.39. The van der Waals surface area contributed by atoms with Crippen LogP contribution in [0.5, 0.6) is 0 Å². The van der Waals surface area contributed by atoms with Gasteiger partial charge in [-0.25, -0.2) is 13.2 Å². The zero-order valence-corrected chi connectivity index (χ0v) is 16.5. The molecular formula is C19H21N3O6S. The fourth-order valence-electron chi connectivity index (χ4n) is 2.97. The van der Waals surface area contributed by atoms with E-state index in [0.717, 1.165) is 6.20 Å². The van der Waals surface area contributed by atoms with E-state index in [1.54, 1.807) is 24.3 Å². The van der Waals surface area contributed by atoms with Gasteiger partial charge in [0.25, 0.3) is 5.91 Å². The molecule has 3 rings (SSSR count). The molecule has 0 N–H and O–H groups in total. The van der Waals surface area contributed by atoms with Crippen molar-refractivity contribution < 1.29 is 27.5 Å². The minimum Gasteiger partial charge on any atom is -0.618 e. The summed E-state index contributed by atoms with van der Waals surface area (Å²) in [6.45, 7) is 0.251. The standard InChI is InChI=1S/C19H21N3O6S/c23-18(14-28-19(24)17-8-4-5-9-22(17)25)20-10-12-21(13-11-20)29(26,27)15-16-6-2-1-3-7-16/h1-9H,10-15H2. The summed E-state index contributed by atoms with van der Waals surface area (Å²) in [4.78, 5) is 25.6. The fraction of sp³-hybridized carbons (Fsp3) is 0.316. The van der Waals surface area contributed by atoms with Crippen LogP contribution in [-0.2, 0) is 25.3 Å². The molecule has 1 aliphatic heterocycles. The first-order valence-electron chi connectivity index (χ1n) is 9.01. The van der Waals surface area contributed by atoms with E-state index in [2.05, 4.69) is 0 Å². The molecule has 1 saturated heterocycles. The Kier molecular flexibility index (Phi) is 6.45. The molecule has 29 heavy (non-hydrogen) atoms. The molecule has 154 valence electrons. The molecular weight excluding hydrogens is 398 g/mol. The number of hydrogen-bond donors (Lipinski definition) is 0. The molecule has 0 bridgehead atoms. The predicted octanol–water partition coefficient (Wildman–Crippen LogP) is 0.151. The van der Waals surface area contributed by atoms with Crippen molar-refractivity contribution in [2.45, 2.75) is 5.75 Å². The molecule has 0 unspecified atom stereocenters. The second-order valence-corrected chi connectivity index (χ2v) is 8.48. The highest BCUT2D eigenvalue weighted by Gasteiger charge is 2.29. The lowest BCUT2D eigenvalue weighted by Crippen LogP contribution is -2.51. The van der Waals surface area contributed by atoms with E-state index in [1.165, 1.54) is 27.4 Å². The van der Waals surface area contributed by atoms with Crippen molar-refractivity contribution in [3.63, 3.8) is 0 Å². The quantitative estimate of drug-likeness (QED) is 0.374. The number of sulfonamides is 1. The van der Waals surface area contributed by atoms with Crippen molar-refractivity contribution in [3.8, 4) is 0 Å². The number of amides is 1. The van der Waals surface area contributed by atoms with Crippen LogP contribution in [-0.4, -0.2) is 62.3 Å². The van der Waals surface area contributed by atoms with Crippen LogP contribution in [0.15, 0.2) is 54.7 Å². The van der Waals surface area contributed by atoms with Crippen LogP contribution >= 0.6 is 0 Å². The van der Waals surface area contributed by atoms with E-state index in [4.69, 9.17) is 4.74 Å². The van der Waals surface area contributed by atoms with Gasteiger partial charge in [0.15, 0.2) is 12.8 Å². The van der Waals surface area contributed by atoms with Crippen molar-refractivity contribution in [2.75, 3.05) is 32.8 Å². The topological polar surface area (TPSA) is 111 Å². The van der Waals surface area contributed by atoms with Gasteiger partial charge in [0.2, 0.25) is 10.0 Å². The molecule has 10 heteroatoms. The molecule has 9 nitrogen and oxygen atoms in total. The summed E-state index contributed by atoms with van der Waals surface area (Å²) in [7, 11) is -3.48. The van der Waals surface area contributed by atoms with Crippen LogP contribution in [0.3, 0.4) is 0 Å². The third-order valence-electron chi connectivity index (χ3n) is 4.54. The molecule has 0 atom stereocenters. The normalized spacial score (nSPS) is 15.1. The molecule has 1 fully saturated rings. The summed E-state index contributed by atoms with van der Waals surface area (Å²) < 4.78 is 31.8. The highest BCUT2D eigenvalue weighted by molar-refractivity contribution is 7.88. The van der Waals surface area contributed by atoms with E-state index in [1.807, 2.05) is 6.07 Å². The summed E-state index contributed by atoms with van der Waals surface area (Å²) in [5.41, 5.74) is 0.492.